The molecule has 7 nitrogen and oxygen atoms in total. The van der Waals surface area contributed by atoms with Gasteiger partial charge in [0.1, 0.15) is 5.75 Å². The van der Waals surface area contributed by atoms with Gasteiger partial charge >= 0.3 is 5.97 Å². The van der Waals surface area contributed by atoms with Crippen molar-refractivity contribution in [2.24, 2.45) is 5.10 Å². The van der Waals surface area contributed by atoms with E-state index >= 15 is 0 Å². The van der Waals surface area contributed by atoms with Crippen LogP contribution in [0.15, 0.2) is 71.8 Å². The van der Waals surface area contributed by atoms with Crippen molar-refractivity contribution in [3.63, 3.8) is 0 Å². The number of amides is 1. The fourth-order valence-corrected chi connectivity index (χ4v) is 2.69. The highest BCUT2D eigenvalue weighted by molar-refractivity contribution is 6.30. The van der Waals surface area contributed by atoms with Crippen LogP contribution < -0.4 is 19.6 Å². The van der Waals surface area contributed by atoms with E-state index in [1.54, 1.807) is 73.8 Å². The molecule has 1 amide bonds. The van der Waals surface area contributed by atoms with Crippen LogP contribution in [0.1, 0.15) is 26.3 Å². The van der Waals surface area contributed by atoms with Gasteiger partial charge in [-0.15, -0.1) is 0 Å². The van der Waals surface area contributed by atoms with E-state index in [1.807, 2.05) is 0 Å². The van der Waals surface area contributed by atoms with Gasteiger partial charge in [0.2, 0.25) is 0 Å². The second-order valence-corrected chi connectivity index (χ2v) is 6.67. The molecule has 1 N–H and O–H groups in total. The quantitative estimate of drug-likeness (QED) is 0.256. The maximum Gasteiger partial charge on any atom is 0.343 e. The van der Waals surface area contributed by atoms with Gasteiger partial charge in [-0.3, -0.25) is 4.79 Å². The second-order valence-electron chi connectivity index (χ2n) is 6.23. The maximum absolute atomic E-state index is 12.4. The molecule has 3 aromatic rings. The highest BCUT2D eigenvalue weighted by Crippen LogP contribution is 2.28. The third kappa shape index (κ3) is 5.83. The first kappa shape index (κ1) is 21.9. The van der Waals surface area contributed by atoms with Crippen LogP contribution >= 0.6 is 11.6 Å². The Morgan fingerprint density at radius 3 is 2.19 bits per heavy atom. The number of nitrogens with zero attached hydrogens (tertiary/aromatic N) is 1. The molecule has 0 unspecified atom stereocenters. The first-order valence-electron chi connectivity index (χ1n) is 9.13. The number of hydrazone groups is 1. The molecular weight excluding hydrogens is 420 g/mol. The zero-order valence-electron chi connectivity index (χ0n) is 16.8. The van der Waals surface area contributed by atoms with E-state index in [2.05, 4.69) is 10.5 Å². The lowest BCUT2D eigenvalue weighted by Crippen LogP contribution is -2.17. The molecular formula is C23H19ClN2O5. The van der Waals surface area contributed by atoms with E-state index in [9.17, 15) is 9.59 Å². The molecule has 0 atom stereocenters. The molecule has 0 heterocycles. The van der Waals surface area contributed by atoms with Crippen LogP contribution in [-0.2, 0) is 0 Å². The highest BCUT2D eigenvalue weighted by Gasteiger charge is 2.13. The summed E-state index contributed by atoms with van der Waals surface area (Å²) in [6.45, 7) is 0. The predicted octanol–water partition coefficient (Wildman–Crippen LogP) is 4.34. The summed E-state index contributed by atoms with van der Waals surface area (Å²) in [4.78, 5) is 24.4. The topological polar surface area (TPSA) is 86.2 Å². The Morgan fingerprint density at radius 1 is 0.871 bits per heavy atom. The molecule has 0 aliphatic carbocycles. The van der Waals surface area contributed by atoms with Crippen LogP contribution in [-0.4, -0.2) is 32.3 Å². The lowest BCUT2D eigenvalue weighted by atomic mass is 10.2. The SMILES string of the molecule is COc1ccc(C(=O)Oc2ccc(/C=N\NC(=O)c3ccc(Cl)cc3)cc2OC)cc1. The lowest BCUT2D eigenvalue weighted by molar-refractivity contribution is 0.0729. The van der Waals surface area contributed by atoms with Crippen molar-refractivity contribution in [2.45, 2.75) is 0 Å². The highest BCUT2D eigenvalue weighted by atomic mass is 35.5. The van der Waals surface area contributed by atoms with E-state index < -0.39 is 5.97 Å². The number of esters is 1. The number of carbonyl (C=O) groups is 2. The van der Waals surface area contributed by atoms with Crippen LogP contribution in [0.5, 0.6) is 17.2 Å². The smallest absolute Gasteiger partial charge is 0.343 e. The maximum atomic E-state index is 12.4. The summed E-state index contributed by atoms with van der Waals surface area (Å²) in [6, 6.07) is 17.9. The molecule has 0 saturated heterocycles. The average Bonchev–Trinajstić information content (AvgIpc) is 2.80. The van der Waals surface area contributed by atoms with Crippen LogP contribution in [0.2, 0.25) is 5.02 Å². The molecule has 0 aliphatic heterocycles. The summed E-state index contributed by atoms with van der Waals surface area (Å²) in [5, 5.41) is 4.48. The molecule has 0 aliphatic rings. The van der Waals surface area contributed by atoms with Crippen LogP contribution in [0.4, 0.5) is 0 Å². The first-order chi connectivity index (χ1) is 15.0. The number of hydrogen-bond donors (Lipinski definition) is 1. The number of benzene rings is 3. The van der Waals surface area contributed by atoms with Gasteiger partial charge in [-0.2, -0.15) is 5.10 Å². The third-order valence-corrected chi connectivity index (χ3v) is 4.45. The molecule has 0 fully saturated rings. The summed E-state index contributed by atoms with van der Waals surface area (Å²) in [7, 11) is 3.01. The monoisotopic (exact) mass is 438 g/mol. The number of ether oxygens (including phenoxy) is 3. The second kappa shape index (κ2) is 10.3. The van der Waals surface area contributed by atoms with Gasteiger partial charge in [-0.25, -0.2) is 10.2 Å². The van der Waals surface area contributed by atoms with E-state index in [1.165, 1.54) is 13.3 Å². The third-order valence-electron chi connectivity index (χ3n) is 4.20. The number of carbonyl (C=O) groups excluding carboxylic acids is 2. The molecule has 8 heteroatoms. The molecule has 0 saturated carbocycles. The zero-order valence-corrected chi connectivity index (χ0v) is 17.6. The number of rotatable bonds is 7. The summed E-state index contributed by atoms with van der Waals surface area (Å²) >= 11 is 5.81. The number of halogens is 1. The minimum atomic E-state index is -0.530. The van der Waals surface area contributed by atoms with Crippen molar-refractivity contribution in [2.75, 3.05) is 14.2 Å². The molecule has 31 heavy (non-hydrogen) atoms. The van der Waals surface area contributed by atoms with Crippen LogP contribution in [0, 0.1) is 0 Å². The Hall–Kier alpha value is -3.84. The van der Waals surface area contributed by atoms with Crippen molar-refractivity contribution < 1.29 is 23.8 Å². The predicted molar refractivity (Wildman–Crippen MR) is 117 cm³/mol. The van der Waals surface area contributed by atoms with Gasteiger partial charge in [0.15, 0.2) is 11.5 Å². The van der Waals surface area contributed by atoms with E-state index in [4.69, 9.17) is 25.8 Å². The summed E-state index contributed by atoms with van der Waals surface area (Å²) < 4.78 is 15.8. The Labute approximate surface area is 184 Å². The van der Waals surface area contributed by atoms with Crippen molar-refractivity contribution in [1.29, 1.82) is 0 Å². The minimum absolute atomic E-state index is 0.255. The molecule has 0 aromatic heterocycles. The average molecular weight is 439 g/mol. The Morgan fingerprint density at radius 2 is 1.55 bits per heavy atom. The van der Waals surface area contributed by atoms with Gasteiger partial charge < -0.3 is 14.2 Å². The fraction of sp³-hybridized carbons (Fsp3) is 0.0870. The number of nitrogens with one attached hydrogen (secondary N) is 1. The Bertz CT molecular complexity index is 1100. The van der Waals surface area contributed by atoms with E-state index in [-0.39, 0.29) is 11.7 Å². The minimum Gasteiger partial charge on any atom is -0.497 e. The van der Waals surface area contributed by atoms with Crippen molar-refractivity contribution in [3.05, 3.63) is 88.4 Å². The number of hydrogen-bond acceptors (Lipinski definition) is 6. The summed E-state index contributed by atoms with van der Waals surface area (Å²) in [5.41, 5.74) is 3.87. The van der Waals surface area contributed by atoms with Crippen LogP contribution in [0.3, 0.4) is 0 Å². The first-order valence-corrected chi connectivity index (χ1v) is 9.51. The van der Waals surface area contributed by atoms with E-state index in [0.29, 0.717) is 33.2 Å². The van der Waals surface area contributed by atoms with Crippen molar-refractivity contribution >= 4 is 29.7 Å². The summed E-state index contributed by atoms with van der Waals surface area (Å²) in [5.74, 6) is 0.337. The Kier molecular flexibility index (Phi) is 7.24. The standard InChI is InChI=1S/C23H19ClN2O5/c1-29-19-10-6-17(7-11-19)23(28)31-20-12-3-15(13-21(20)30-2)14-25-26-22(27)16-4-8-18(24)9-5-16/h3-14H,1-2H3,(H,26,27)/b25-14-. The molecule has 0 bridgehead atoms. The van der Waals surface area contributed by atoms with E-state index in [0.717, 1.165) is 0 Å². The van der Waals surface area contributed by atoms with Gasteiger partial charge in [0, 0.05) is 10.6 Å². The molecule has 3 rings (SSSR count). The summed E-state index contributed by atoms with van der Waals surface area (Å²) in [6.07, 6.45) is 1.45. The van der Waals surface area contributed by atoms with Gasteiger partial charge in [-0.05, 0) is 72.3 Å². The molecule has 0 radical (unpaired) electrons. The van der Waals surface area contributed by atoms with Crippen LogP contribution in [0.25, 0.3) is 0 Å². The largest absolute Gasteiger partial charge is 0.497 e. The zero-order chi connectivity index (χ0) is 22.2. The van der Waals surface area contributed by atoms with Gasteiger partial charge in [0.05, 0.1) is 26.0 Å². The molecule has 158 valence electrons. The van der Waals surface area contributed by atoms with Crippen molar-refractivity contribution in [3.8, 4) is 17.2 Å². The fourth-order valence-electron chi connectivity index (χ4n) is 2.57. The van der Waals surface area contributed by atoms with Crippen molar-refractivity contribution in [1.82, 2.24) is 5.43 Å². The molecule has 3 aromatic carbocycles. The van der Waals surface area contributed by atoms with Gasteiger partial charge in [-0.1, -0.05) is 11.6 Å². The Balaban J connectivity index is 1.66. The number of methoxy groups -OCH3 is 2. The van der Waals surface area contributed by atoms with Gasteiger partial charge in [0.25, 0.3) is 5.91 Å². The normalized spacial score (nSPS) is 10.5. The lowest BCUT2D eigenvalue weighted by Gasteiger charge is -2.10. The molecule has 0 spiro atoms.